The molecule has 0 fully saturated rings. The number of carboxylic acids is 1. The third-order valence-electron chi connectivity index (χ3n) is 4.39. The quantitative estimate of drug-likeness (QED) is 0.429. The highest BCUT2D eigenvalue weighted by Crippen LogP contribution is 2.19. The number of aromatic nitrogens is 1. The zero-order chi connectivity index (χ0) is 23.6. The van der Waals surface area contributed by atoms with Gasteiger partial charge in [-0.3, -0.25) is 4.79 Å². The lowest BCUT2D eigenvalue weighted by atomic mass is 9.92. The molecule has 0 unspecified atom stereocenters. The van der Waals surface area contributed by atoms with Crippen LogP contribution in [0.25, 0.3) is 0 Å². The molecule has 0 bridgehead atoms. The summed E-state index contributed by atoms with van der Waals surface area (Å²) in [5, 5.41) is 14.5. The molecule has 32 heavy (non-hydrogen) atoms. The van der Waals surface area contributed by atoms with Crippen LogP contribution in [-0.2, 0) is 6.54 Å². The van der Waals surface area contributed by atoms with E-state index in [0.29, 0.717) is 24.5 Å². The zero-order valence-electron chi connectivity index (χ0n) is 18.6. The monoisotopic (exact) mass is 438 g/mol. The van der Waals surface area contributed by atoms with Gasteiger partial charge in [-0.2, -0.15) is 0 Å². The van der Waals surface area contributed by atoms with Crippen LogP contribution in [0.15, 0.2) is 65.4 Å². The second-order valence-electron chi connectivity index (χ2n) is 8.34. The molecule has 0 spiro atoms. The van der Waals surface area contributed by atoms with E-state index in [1.54, 1.807) is 6.20 Å². The van der Waals surface area contributed by atoms with Crippen molar-refractivity contribution < 1.29 is 19.1 Å². The van der Waals surface area contributed by atoms with Gasteiger partial charge >= 0.3 is 5.97 Å². The van der Waals surface area contributed by atoms with E-state index in [2.05, 4.69) is 40.8 Å². The molecule has 8 nitrogen and oxygen atoms in total. The number of nitrogens with zero attached hydrogens (tertiary/aromatic N) is 1. The molecule has 0 aliphatic carbocycles. The number of pyridine rings is 1. The summed E-state index contributed by atoms with van der Waals surface area (Å²) in [6, 6.07) is 14.2. The van der Waals surface area contributed by atoms with Crippen LogP contribution in [0.3, 0.4) is 0 Å². The van der Waals surface area contributed by atoms with Gasteiger partial charge < -0.3 is 25.9 Å². The molecule has 0 radical (unpaired) electrons. The lowest BCUT2D eigenvalue weighted by molar-refractivity contribution is 0.0662. The maximum Gasteiger partial charge on any atom is 0.371 e. The second kappa shape index (κ2) is 11.5. The number of nitrogens with one attached hydrogen (secondary N) is 2. The van der Waals surface area contributed by atoms with E-state index in [1.807, 2.05) is 36.4 Å². The SMILES string of the molecule is CC(C)(C)CCNC(=O)c1ccccc1NCc1ccnc(N)c1.O=C(O)c1ccco1. The number of aromatic carboxylic acids is 1. The first-order valence-corrected chi connectivity index (χ1v) is 10.2. The molecule has 0 aliphatic heterocycles. The predicted octanol–water partition coefficient (Wildman–Crippen LogP) is 4.42. The number of hydrogen-bond donors (Lipinski definition) is 4. The minimum absolute atomic E-state index is 0.0231. The molecule has 1 aromatic carbocycles. The van der Waals surface area contributed by atoms with Crippen LogP contribution < -0.4 is 16.4 Å². The van der Waals surface area contributed by atoms with Gasteiger partial charge in [0, 0.05) is 25.0 Å². The van der Waals surface area contributed by atoms with Crippen LogP contribution >= 0.6 is 0 Å². The Hall–Kier alpha value is -3.81. The smallest absolute Gasteiger partial charge is 0.371 e. The van der Waals surface area contributed by atoms with Gasteiger partial charge in [-0.15, -0.1) is 0 Å². The molecule has 0 saturated heterocycles. The number of carboxylic acid groups (broad SMARTS) is 1. The molecule has 2 aromatic heterocycles. The van der Waals surface area contributed by atoms with Crippen molar-refractivity contribution in [2.45, 2.75) is 33.7 Å². The van der Waals surface area contributed by atoms with Crippen molar-refractivity contribution in [3.05, 3.63) is 77.9 Å². The van der Waals surface area contributed by atoms with Crippen molar-refractivity contribution in [2.75, 3.05) is 17.6 Å². The summed E-state index contributed by atoms with van der Waals surface area (Å²) in [5.74, 6) is -0.626. The van der Waals surface area contributed by atoms with E-state index in [0.717, 1.165) is 17.7 Å². The second-order valence-corrected chi connectivity index (χ2v) is 8.34. The Labute approximate surface area is 187 Å². The van der Waals surface area contributed by atoms with E-state index in [4.69, 9.17) is 10.8 Å². The van der Waals surface area contributed by atoms with E-state index in [1.165, 1.54) is 18.4 Å². The van der Waals surface area contributed by atoms with Crippen molar-refractivity contribution in [1.82, 2.24) is 10.3 Å². The first-order chi connectivity index (χ1) is 15.2. The van der Waals surface area contributed by atoms with Crippen molar-refractivity contribution >= 4 is 23.4 Å². The third kappa shape index (κ3) is 8.51. The Morgan fingerprint density at radius 2 is 1.88 bits per heavy atom. The molecule has 5 N–H and O–H groups in total. The topological polar surface area (TPSA) is 130 Å². The largest absolute Gasteiger partial charge is 0.475 e. The molecule has 2 heterocycles. The van der Waals surface area contributed by atoms with Crippen LogP contribution in [-0.4, -0.2) is 28.5 Å². The van der Waals surface area contributed by atoms with Crippen LogP contribution in [0.2, 0.25) is 0 Å². The van der Waals surface area contributed by atoms with Crippen LogP contribution in [0, 0.1) is 5.41 Å². The third-order valence-corrected chi connectivity index (χ3v) is 4.39. The van der Waals surface area contributed by atoms with Gasteiger partial charge in [-0.05, 0) is 53.8 Å². The van der Waals surface area contributed by atoms with Crippen molar-refractivity contribution in [3.8, 4) is 0 Å². The first kappa shape index (κ1) is 24.5. The summed E-state index contributed by atoms with van der Waals surface area (Å²) in [6.07, 6.45) is 3.94. The number of benzene rings is 1. The number of anilines is 2. The van der Waals surface area contributed by atoms with Gasteiger partial charge in [-0.1, -0.05) is 32.9 Å². The van der Waals surface area contributed by atoms with Gasteiger partial charge in [0.05, 0.1) is 11.8 Å². The van der Waals surface area contributed by atoms with Crippen molar-refractivity contribution in [3.63, 3.8) is 0 Å². The lowest BCUT2D eigenvalue weighted by Crippen LogP contribution is -2.27. The molecule has 170 valence electrons. The van der Waals surface area contributed by atoms with Crippen LogP contribution in [0.1, 0.15) is 53.7 Å². The number of hydrogen-bond acceptors (Lipinski definition) is 6. The number of amides is 1. The van der Waals surface area contributed by atoms with Crippen LogP contribution in [0.5, 0.6) is 0 Å². The maximum absolute atomic E-state index is 12.4. The number of nitrogen functional groups attached to an aromatic ring is 1. The Kier molecular flexibility index (Phi) is 8.83. The Morgan fingerprint density at radius 3 is 2.47 bits per heavy atom. The van der Waals surface area contributed by atoms with Gasteiger partial charge in [0.15, 0.2) is 0 Å². The number of rotatable bonds is 7. The molecule has 0 atom stereocenters. The van der Waals surface area contributed by atoms with Crippen molar-refractivity contribution in [1.29, 1.82) is 0 Å². The van der Waals surface area contributed by atoms with Gasteiger partial charge in [0.2, 0.25) is 5.76 Å². The normalized spacial score (nSPS) is 10.6. The Morgan fingerprint density at radius 1 is 1.12 bits per heavy atom. The fourth-order valence-electron chi connectivity index (χ4n) is 2.68. The minimum atomic E-state index is -1.03. The van der Waals surface area contributed by atoms with E-state index < -0.39 is 5.97 Å². The molecular weight excluding hydrogens is 408 g/mol. The highest BCUT2D eigenvalue weighted by atomic mass is 16.4. The standard InChI is InChI=1S/C19H26N4O.C5H4O3/c1-19(2,3)9-11-22-18(24)15-6-4-5-7-16(15)23-13-14-8-10-21-17(20)12-14;6-5(7)4-2-1-3-8-4/h4-8,10,12,23H,9,11,13H2,1-3H3,(H2,20,21)(H,22,24);1-3H,(H,6,7). The zero-order valence-corrected chi connectivity index (χ0v) is 18.6. The Bertz CT molecular complexity index is 1010. The number of nitrogens with two attached hydrogens (primary N) is 1. The maximum atomic E-state index is 12.4. The summed E-state index contributed by atoms with van der Waals surface area (Å²) in [7, 11) is 0. The summed E-state index contributed by atoms with van der Waals surface area (Å²) >= 11 is 0. The average Bonchev–Trinajstić information content (AvgIpc) is 3.27. The van der Waals surface area contributed by atoms with E-state index >= 15 is 0 Å². The number of furan rings is 1. The molecule has 1 amide bonds. The highest BCUT2D eigenvalue weighted by molar-refractivity contribution is 5.99. The summed E-state index contributed by atoms with van der Waals surface area (Å²) in [6.45, 7) is 7.73. The molecular formula is C24H30N4O4. The molecule has 3 rings (SSSR count). The summed E-state index contributed by atoms with van der Waals surface area (Å²) < 4.78 is 4.50. The summed E-state index contributed by atoms with van der Waals surface area (Å²) in [4.78, 5) is 26.4. The Balaban J connectivity index is 0.000000380. The van der Waals surface area contributed by atoms with Gasteiger partial charge in [0.1, 0.15) is 5.82 Å². The van der Waals surface area contributed by atoms with E-state index in [9.17, 15) is 9.59 Å². The molecule has 3 aromatic rings. The summed E-state index contributed by atoms with van der Waals surface area (Å²) in [5.41, 5.74) is 8.37. The average molecular weight is 439 g/mol. The fraction of sp³-hybridized carbons (Fsp3) is 0.292. The predicted molar refractivity (Wildman–Crippen MR) is 124 cm³/mol. The molecule has 0 aliphatic rings. The van der Waals surface area contributed by atoms with E-state index in [-0.39, 0.29) is 17.1 Å². The van der Waals surface area contributed by atoms with Crippen LogP contribution in [0.4, 0.5) is 11.5 Å². The minimum Gasteiger partial charge on any atom is -0.475 e. The van der Waals surface area contributed by atoms with Crippen molar-refractivity contribution in [2.24, 2.45) is 5.41 Å². The number of carbonyl (C=O) groups is 2. The number of para-hydroxylation sites is 1. The van der Waals surface area contributed by atoms with Gasteiger partial charge in [0.25, 0.3) is 5.91 Å². The highest BCUT2D eigenvalue weighted by Gasteiger charge is 2.13. The molecule has 0 saturated carbocycles. The number of carbonyl (C=O) groups excluding carboxylic acids is 1. The van der Waals surface area contributed by atoms with Gasteiger partial charge in [-0.25, -0.2) is 9.78 Å². The fourth-order valence-corrected chi connectivity index (χ4v) is 2.68. The molecule has 8 heteroatoms. The first-order valence-electron chi connectivity index (χ1n) is 10.2. The lowest BCUT2D eigenvalue weighted by Gasteiger charge is -2.18.